The molecule has 0 N–H and O–H groups in total. The minimum absolute atomic E-state index is 0.729. The lowest BCUT2D eigenvalue weighted by molar-refractivity contribution is 0.112. The molecule has 1 aromatic carbocycles. The highest BCUT2D eigenvalue weighted by molar-refractivity contribution is 7.00. The van der Waals surface area contributed by atoms with Crippen molar-refractivity contribution in [2.24, 2.45) is 0 Å². The highest BCUT2D eigenvalue weighted by Crippen LogP contribution is 1.91. The van der Waals surface area contributed by atoms with Crippen molar-refractivity contribution in [3.05, 3.63) is 35.9 Å². The summed E-state index contributed by atoms with van der Waals surface area (Å²) in [4.78, 5) is 10.0. The van der Waals surface area contributed by atoms with Gasteiger partial charge in [0.05, 0.1) is 0 Å². The van der Waals surface area contributed by atoms with Gasteiger partial charge < -0.3 is 0 Å². The van der Waals surface area contributed by atoms with E-state index in [1.54, 1.807) is 21.3 Å². The molecule has 0 heterocycles. The Morgan fingerprint density at radius 2 is 1.60 bits per heavy atom. The van der Waals surface area contributed by atoms with Gasteiger partial charge in [0, 0.05) is 5.56 Å². The Bertz CT molecular complexity index is 186. The largest absolute Gasteiger partial charge is 0.298 e. The zero-order valence-electron chi connectivity index (χ0n) is 5.28. The van der Waals surface area contributed by atoms with Crippen LogP contribution in [0.2, 0.25) is 0 Å². The zero-order valence-corrected chi connectivity index (χ0v) is 6.28. The molecule has 0 saturated carbocycles. The van der Waals surface area contributed by atoms with Gasteiger partial charge in [-0.15, -0.1) is 0 Å². The Balaban J connectivity index is 0.000000371. The molecule has 0 fully saturated rings. The summed E-state index contributed by atoms with van der Waals surface area (Å²) in [5.74, 6) is 0. The van der Waals surface area contributed by atoms with Crippen LogP contribution in [0.4, 0.5) is 0 Å². The first-order chi connectivity index (χ1) is 4.93. The van der Waals surface area contributed by atoms with Gasteiger partial charge in [0.2, 0.25) is 0 Å². The van der Waals surface area contributed by atoms with Gasteiger partial charge in [0.1, 0.15) is 15.4 Å². The molecule has 3 heteroatoms. The average molecular weight is 154 g/mol. The number of aldehydes is 1. The van der Waals surface area contributed by atoms with E-state index < -0.39 is 0 Å². The van der Waals surface area contributed by atoms with Crippen LogP contribution in [0.3, 0.4) is 0 Å². The van der Waals surface area contributed by atoms with E-state index in [9.17, 15) is 4.79 Å². The first-order valence-corrected chi connectivity index (χ1v) is 3.05. The fourth-order valence-electron chi connectivity index (χ4n) is 0.532. The predicted octanol–water partition coefficient (Wildman–Crippen LogP) is 1.97. The lowest BCUT2D eigenvalue weighted by Gasteiger charge is -1.81. The van der Waals surface area contributed by atoms with Gasteiger partial charge in [0.25, 0.3) is 0 Å². The Labute approximate surface area is 61.5 Å². The number of carbonyl (C=O) groups excluding carboxylic acids is 1. The van der Waals surface area contributed by atoms with Crippen molar-refractivity contribution in [2.75, 3.05) is 0 Å². The van der Waals surface area contributed by atoms with Crippen LogP contribution in [0.5, 0.6) is 0 Å². The second-order valence-corrected chi connectivity index (χ2v) is 1.53. The Hall–Kier alpha value is -1.01. The van der Waals surface area contributed by atoms with Gasteiger partial charge in [-0.1, -0.05) is 30.3 Å². The van der Waals surface area contributed by atoms with Crippen molar-refractivity contribution in [2.45, 2.75) is 0 Å². The van der Waals surface area contributed by atoms with Crippen LogP contribution in [0.25, 0.3) is 0 Å². The van der Waals surface area contributed by atoms with Crippen molar-refractivity contribution in [3.63, 3.8) is 0 Å². The van der Waals surface area contributed by atoms with Gasteiger partial charge >= 0.3 is 0 Å². The SMILES string of the molecule is O=Cc1ccccc1.O=P. The summed E-state index contributed by atoms with van der Waals surface area (Å²) < 4.78 is 8.06. The van der Waals surface area contributed by atoms with E-state index in [0.29, 0.717) is 0 Å². The summed E-state index contributed by atoms with van der Waals surface area (Å²) in [6.07, 6.45) is 0.833. The third-order valence-corrected chi connectivity index (χ3v) is 0.936. The number of hydrogen-bond acceptors (Lipinski definition) is 2. The minimum atomic E-state index is 0.729. The van der Waals surface area contributed by atoms with Crippen molar-refractivity contribution in [3.8, 4) is 0 Å². The Morgan fingerprint density at radius 1 is 1.10 bits per heavy atom. The third kappa shape index (κ3) is 3.10. The molecule has 0 atom stereocenters. The first-order valence-electron chi connectivity index (χ1n) is 2.64. The summed E-state index contributed by atoms with van der Waals surface area (Å²) in [5, 5.41) is 0. The smallest absolute Gasteiger partial charge is 0.150 e. The van der Waals surface area contributed by atoms with E-state index in [-0.39, 0.29) is 0 Å². The molecule has 1 rings (SSSR count). The lowest BCUT2D eigenvalue weighted by atomic mass is 10.2. The topological polar surface area (TPSA) is 34.1 Å². The van der Waals surface area contributed by atoms with E-state index >= 15 is 0 Å². The van der Waals surface area contributed by atoms with Crippen molar-refractivity contribution in [1.82, 2.24) is 0 Å². The van der Waals surface area contributed by atoms with Crippen LogP contribution in [0, 0.1) is 0 Å². The number of benzene rings is 1. The van der Waals surface area contributed by atoms with Gasteiger partial charge in [-0.25, -0.2) is 0 Å². The fourth-order valence-corrected chi connectivity index (χ4v) is 0.532. The second-order valence-electron chi connectivity index (χ2n) is 1.53. The van der Waals surface area contributed by atoms with E-state index in [4.69, 9.17) is 4.57 Å². The van der Waals surface area contributed by atoms with Crippen molar-refractivity contribution < 1.29 is 9.36 Å². The Kier molecular flexibility index (Phi) is 5.50. The normalized spacial score (nSPS) is 7.20. The molecule has 0 aliphatic heterocycles. The predicted molar refractivity (Wildman–Crippen MR) is 40.8 cm³/mol. The number of carbonyl (C=O) groups is 1. The molecule has 0 spiro atoms. The maximum Gasteiger partial charge on any atom is 0.150 e. The molecule has 10 heavy (non-hydrogen) atoms. The van der Waals surface area contributed by atoms with Crippen molar-refractivity contribution >= 4 is 15.4 Å². The highest BCUT2D eigenvalue weighted by atomic mass is 31.0. The molecule has 0 radical (unpaired) electrons. The Morgan fingerprint density at radius 3 is 1.90 bits per heavy atom. The van der Waals surface area contributed by atoms with Gasteiger partial charge in [-0.3, -0.25) is 9.36 Å². The number of rotatable bonds is 1. The van der Waals surface area contributed by atoms with E-state index in [1.165, 1.54) is 0 Å². The van der Waals surface area contributed by atoms with E-state index in [1.807, 2.05) is 18.2 Å². The molecule has 52 valence electrons. The number of hydrogen-bond donors (Lipinski definition) is 0. The monoisotopic (exact) mass is 154 g/mol. The summed E-state index contributed by atoms with van der Waals surface area (Å²) >= 11 is 0. The first kappa shape index (κ1) is 8.99. The van der Waals surface area contributed by atoms with E-state index in [2.05, 4.69) is 0 Å². The molecule has 0 aromatic heterocycles. The van der Waals surface area contributed by atoms with Crippen LogP contribution in [0.15, 0.2) is 30.3 Å². The maximum absolute atomic E-state index is 10.0. The van der Waals surface area contributed by atoms with Crippen molar-refractivity contribution in [1.29, 1.82) is 0 Å². The molecule has 2 nitrogen and oxygen atoms in total. The van der Waals surface area contributed by atoms with E-state index in [0.717, 1.165) is 11.8 Å². The molecule has 0 bridgehead atoms. The van der Waals surface area contributed by atoms with Gasteiger partial charge in [-0.05, 0) is 0 Å². The van der Waals surface area contributed by atoms with Crippen LogP contribution in [-0.4, -0.2) is 6.29 Å². The molecular formula is C7H7O2P. The lowest BCUT2D eigenvalue weighted by Crippen LogP contribution is -1.73. The molecular weight excluding hydrogens is 147 g/mol. The van der Waals surface area contributed by atoms with Crippen LogP contribution in [-0.2, 0) is 4.57 Å². The van der Waals surface area contributed by atoms with Crippen LogP contribution < -0.4 is 0 Å². The maximum atomic E-state index is 10.0. The molecule has 1 aromatic rings. The molecule has 0 amide bonds. The summed E-state index contributed by atoms with van der Waals surface area (Å²) in [5.41, 5.74) is 0.729. The summed E-state index contributed by atoms with van der Waals surface area (Å²) in [6.45, 7) is 0. The van der Waals surface area contributed by atoms with Crippen LogP contribution in [0.1, 0.15) is 10.4 Å². The standard InChI is InChI=1S/C7H6O.HOP/c8-6-7-4-2-1-3-5-7;1-2/h1-6H;2H. The quantitative estimate of drug-likeness (QED) is 0.457. The molecule has 0 unspecified atom stereocenters. The van der Waals surface area contributed by atoms with Crippen LogP contribution >= 0.6 is 9.12 Å². The third-order valence-electron chi connectivity index (χ3n) is 0.936. The minimum Gasteiger partial charge on any atom is -0.298 e. The fraction of sp³-hybridized carbons (Fsp3) is 0. The van der Waals surface area contributed by atoms with Gasteiger partial charge in [-0.2, -0.15) is 0 Å². The molecule has 0 saturated heterocycles. The summed E-state index contributed by atoms with van der Waals surface area (Å²) in [6, 6.07) is 9.10. The highest BCUT2D eigenvalue weighted by Gasteiger charge is 1.79. The zero-order chi connectivity index (χ0) is 7.82. The summed E-state index contributed by atoms with van der Waals surface area (Å²) in [7, 11) is 1.72. The van der Waals surface area contributed by atoms with Gasteiger partial charge in [0.15, 0.2) is 0 Å². The molecule has 0 aliphatic carbocycles. The average Bonchev–Trinajstić information content (AvgIpc) is 2.10. The second kappa shape index (κ2) is 6.12. The molecule has 0 aliphatic rings.